The lowest BCUT2D eigenvalue weighted by atomic mass is 9.89. The normalized spacial score (nSPS) is 10.5. The molecule has 2 nitrogen and oxygen atoms in total. The van der Waals surface area contributed by atoms with Crippen LogP contribution in [0, 0.1) is 5.41 Å². The van der Waals surface area contributed by atoms with Crippen molar-refractivity contribution in [1.82, 2.24) is 0 Å². The lowest BCUT2D eigenvalue weighted by molar-refractivity contribution is 0.168. The van der Waals surface area contributed by atoms with Crippen molar-refractivity contribution in [2.45, 2.75) is 54.1 Å². The first-order chi connectivity index (χ1) is 11.6. The van der Waals surface area contributed by atoms with E-state index in [-0.39, 0.29) is 5.41 Å². The van der Waals surface area contributed by atoms with Gasteiger partial charge in [0.15, 0.2) is 0 Å². The van der Waals surface area contributed by atoms with Crippen molar-refractivity contribution in [2.24, 2.45) is 5.41 Å². The second kappa shape index (κ2) is 10.7. The minimum absolute atomic E-state index is 0.219. The van der Waals surface area contributed by atoms with Crippen LogP contribution in [0.3, 0.4) is 0 Å². The smallest absolute Gasteiger partial charge is 0.120 e. The summed E-state index contributed by atoms with van der Waals surface area (Å²) >= 11 is 0. The van der Waals surface area contributed by atoms with Crippen LogP contribution >= 0.6 is 0 Å². The van der Waals surface area contributed by atoms with E-state index in [1.807, 2.05) is 56.3 Å². The zero-order valence-corrected chi connectivity index (χ0v) is 15.8. The van der Waals surface area contributed by atoms with Gasteiger partial charge >= 0.3 is 0 Å². The summed E-state index contributed by atoms with van der Waals surface area (Å²) in [5.74, 6) is 1.76. The van der Waals surface area contributed by atoms with Gasteiger partial charge < -0.3 is 9.47 Å². The highest BCUT2D eigenvalue weighted by Gasteiger charge is 2.17. The first-order valence-corrected chi connectivity index (χ1v) is 8.99. The molecule has 132 valence electrons. The molecule has 0 unspecified atom stereocenters. The molecule has 0 aromatic heterocycles. The van der Waals surface area contributed by atoms with Crippen molar-refractivity contribution >= 4 is 0 Å². The molecule has 0 fully saturated rings. The second-order valence-corrected chi connectivity index (χ2v) is 6.45. The largest absolute Gasteiger partial charge is 0.493 e. The molecular formula is C22H32O2. The summed E-state index contributed by atoms with van der Waals surface area (Å²) in [5, 5.41) is 0. The van der Waals surface area contributed by atoms with Crippen LogP contribution in [0.4, 0.5) is 0 Å². The van der Waals surface area contributed by atoms with Gasteiger partial charge in [-0.05, 0) is 41.7 Å². The minimum Gasteiger partial charge on any atom is -0.493 e. The Bertz CT molecular complexity index is 544. The highest BCUT2D eigenvalue weighted by molar-refractivity contribution is 5.31. The van der Waals surface area contributed by atoms with E-state index in [0.29, 0.717) is 6.61 Å². The topological polar surface area (TPSA) is 18.5 Å². The molecule has 24 heavy (non-hydrogen) atoms. The van der Waals surface area contributed by atoms with Gasteiger partial charge in [0, 0.05) is 0 Å². The molecule has 0 aliphatic heterocycles. The summed E-state index contributed by atoms with van der Waals surface area (Å²) in [6, 6.07) is 18.1. The second-order valence-electron chi connectivity index (χ2n) is 6.45. The first-order valence-electron chi connectivity index (χ1n) is 8.99. The zero-order valence-electron chi connectivity index (χ0n) is 15.8. The molecular weight excluding hydrogens is 296 g/mol. The monoisotopic (exact) mass is 328 g/mol. The first kappa shape index (κ1) is 20.1. The summed E-state index contributed by atoms with van der Waals surface area (Å²) in [6.07, 6.45) is 2.36. The van der Waals surface area contributed by atoms with Crippen LogP contribution in [0.15, 0.2) is 54.6 Å². The predicted molar refractivity (Wildman–Crippen MR) is 103 cm³/mol. The third kappa shape index (κ3) is 7.54. The van der Waals surface area contributed by atoms with Gasteiger partial charge in [0.05, 0.1) is 6.61 Å². The highest BCUT2D eigenvalue weighted by atomic mass is 16.5. The maximum absolute atomic E-state index is 5.89. The van der Waals surface area contributed by atoms with Gasteiger partial charge in [0.2, 0.25) is 0 Å². The van der Waals surface area contributed by atoms with Gasteiger partial charge in [-0.1, -0.05) is 71.4 Å². The Hall–Kier alpha value is -1.96. The lowest BCUT2D eigenvalue weighted by Crippen LogP contribution is -2.21. The van der Waals surface area contributed by atoms with Crippen LogP contribution in [0.2, 0.25) is 0 Å². The Morgan fingerprint density at radius 1 is 0.792 bits per heavy atom. The van der Waals surface area contributed by atoms with Crippen LogP contribution in [0.5, 0.6) is 11.5 Å². The Labute approximate surface area is 147 Å². The molecule has 2 aromatic carbocycles. The number of hydrogen-bond acceptors (Lipinski definition) is 2. The van der Waals surface area contributed by atoms with Crippen LogP contribution in [-0.2, 0) is 6.61 Å². The van der Waals surface area contributed by atoms with Crippen molar-refractivity contribution < 1.29 is 9.47 Å². The molecule has 0 N–H and O–H groups in total. The molecule has 0 saturated heterocycles. The molecule has 0 spiro atoms. The van der Waals surface area contributed by atoms with Gasteiger partial charge in [0.25, 0.3) is 0 Å². The molecule has 2 aromatic rings. The van der Waals surface area contributed by atoms with E-state index in [4.69, 9.17) is 9.47 Å². The van der Waals surface area contributed by atoms with Crippen LogP contribution in [-0.4, -0.2) is 6.61 Å². The fourth-order valence-corrected chi connectivity index (χ4v) is 2.40. The van der Waals surface area contributed by atoms with E-state index in [0.717, 1.165) is 18.1 Å². The van der Waals surface area contributed by atoms with Gasteiger partial charge in [-0.15, -0.1) is 0 Å². The summed E-state index contributed by atoms with van der Waals surface area (Å²) < 4.78 is 11.7. The van der Waals surface area contributed by atoms with Crippen molar-refractivity contribution in [2.75, 3.05) is 6.61 Å². The maximum atomic E-state index is 5.89. The molecule has 0 atom stereocenters. The summed E-state index contributed by atoms with van der Waals surface area (Å²) in [7, 11) is 0. The van der Waals surface area contributed by atoms with Crippen LogP contribution in [0.25, 0.3) is 0 Å². The SMILES string of the molecule is CC.CCCC(C)(C)COc1ccc(OCc2ccccc2)cc1. The zero-order chi connectivity index (χ0) is 17.8. The molecule has 0 aliphatic rings. The number of benzene rings is 2. The number of hydrogen-bond donors (Lipinski definition) is 0. The average Bonchev–Trinajstić information content (AvgIpc) is 2.62. The van der Waals surface area contributed by atoms with Crippen molar-refractivity contribution in [1.29, 1.82) is 0 Å². The predicted octanol–water partition coefficient (Wildman–Crippen LogP) is 6.50. The Kier molecular flexibility index (Phi) is 8.99. The van der Waals surface area contributed by atoms with Crippen molar-refractivity contribution in [3.63, 3.8) is 0 Å². The molecule has 0 heterocycles. The summed E-state index contributed by atoms with van der Waals surface area (Å²) in [4.78, 5) is 0. The minimum atomic E-state index is 0.219. The number of rotatable bonds is 8. The van der Waals surface area contributed by atoms with Gasteiger partial charge in [0.1, 0.15) is 18.1 Å². The Morgan fingerprint density at radius 3 is 1.88 bits per heavy atom. The van der Waals surface area contributed by atoms with Gasteiger partial charge in [-0.2, -0.15) is 0 Å². The van der Waals surface area contributed by atoms with E-state index in [2.05, 4.69) is 32.9 Å². The summed E-state index contributed by atoms with van der Waals surface area (Å²) in [5.41, 5.74) is 1.39. The van der Waals surface area contributed by atoms with Crippen molar-refractivity contribution in [3.8, 4) is 11.5 Å². The summed E-state index contributed by atoms with van der Waals surface area (Å²) in [6.45, 7) is 12.0. The standard InChI is InChI=1S/C20H26O2.C2H6/c1-4-14-20(2,3)16-22-19-12-10-18(11-13-19)21-15-17-8-6-5-7-9-17;1-2/h5-13H,4,14-16H2,1-3H3;1-2H3. The van der Waals surface area contributed by atoms with E-state index < -0.39 is 0 Å². The Morgan fingerprint density at radius 2 is 1.33 bits per heavy atom. The fraction of sp³-hybridized carbons (Fsp3) is 0.455. The van der Waals surface area contributed by atoms with E-state index in [9.17, 15) is 0 Å². The molecule has 0 amide bonds. The van der Waals surface area contributed by atoms with E-state index in [1.54, 1.807) is 0 Å². The van der Waals surface area contributed by atoms with Crippen LogP contribution in [0.1, 0.15) is 53.0 Å². The van der Waals surface area contributed by atoms with Crippen LogP contribution < -0.4 is 9.47 Å². The highest BCUT2D eigenvalue weighted by Crippen LogP contribution is 2.25. The van der Waals surface area contributed by atoms with Crippen molar-refractivity contribution in [3.05, 3.63) is 60.2 Å². The number of ether oxygens (including phenoxy) is 2. The quantitative estimate of drug-likeness (QED) is 0.551. The van der Waals surface area contributed by atoms with E-state index >= 15 is 0 Å². The Balaban J connectivity index is 0.00000139. The fourth-order valence-electron chi connectivity index (χ4n) is 2.40. The molecule has 0 bridgehead atoms. The average molecular weight is 328 g/mol. The molecule has 2 heteroatoms. The van der Waals surface area contributed by atoms with Gasteiger partial charge in [-0.25, -0.2) is 0 Å². The molecule has 0 aliphatic carbocycles. The third-order valence-corrected chi connectivity index (χ3v) is 3.63. The third-order valence-electron chi connectivity index (χ3n) is 3.63. The molecule has 0 radical (unpaired) electrons. The molecule has 2 rings (SSSR count). The van der Waals surface area contributed by atoms with E-state index in [1.165, 1.54) is 18.4 Å². The lowest BCUT2D eigenvalue weighted by Gasteiger charge is -2.24. The maximum Gasteiger partial charge on any atom is 0.120 e. The molecule has 0 saturated carbocycles. The van der Waals surface area contributed by atoms with Gasteiger partial charge in [-0.3, -0.25) is 0 Å².